The van der Waals surface area contributed by atoms with Crippen molar-refractivity contribution in [3.63, 3.8) is 0 Å². The Morgan fingerprint density at radius 1 is 1.36 bits per heavy atom. The number of nitro groups is 1. The van der Waals surface area contributed by atoms with Crippen LogP contribution in [0.25, 0.3) is 0 Å². The summed E-state index contributed by atoms with van der Waals surface area (Å²) in [6, 6.07) is 4.47. The molecule has 1 aromatic rings. The zero-order valence-corrected chi connectivity index (χ0v) is 7.18. The summed E-state index contributed by atoms with van der Waals surface area (Å²) in [6.45, 7) is 0. The molecule has 0 radical (unpaired) electrons. The first kappa shape index (κ1) is 8.42. The van der Waals surface area contributed by atoms with Gasteiger partial charge in [-0.2, -0.15) is 0 Å². The van der Waals surface area contributed by atoms with Crippen molar-refractivity contribution < 1.29 is 4.92 Å². The Hall–Kier alpha value is -0.680. The fourth-order valence-corrected chi connectivity index (χ4v) is 1.27. The van der Waals surface area contributed by atoms with Crippen LogP contribution in [0.4, 0.5) is 5.69 Å². The molecule has 1 aromatic carbocycles. The minimum absolute atomic E-state index is 0.00568. The van der Waals surface area contributed by atoms with Crippen molar-refractivity contribution in [2.45, 2.75) is 9.79 Å². The van der Waals surface area contributed by atoms with Gasteiger partial charge in [0.05, 0.1) is 9.82 Å². The van der Waals surface area contributed by atoms with Crippen LogP contribution in [0.1, 0.15) is 0 Å². The molecule has 1 rings (SSSR count). The van der Waals surface area contributed by atoms with Gasteiger partial charge < -0.3 is 0 Å². The SMILES string of the molecule is O=[N+]([O-])c1ccc(S)cc1S. The van der Waals surface area contributed by atoms with Crippen LogP contribution in [0.2, 0.25) is 0 Å². The number of nitrogens with zero attached hydrogens (tertiary/aromatic N) is 1. The van der Waals surface area contributed by atoms with Gasteiger partial charge in [0.25, 0.3) is 5.69 Å². The highest BCUT2D eigenvalue weighted by molar-refractivity contribution is 7.81. The molecule has 0 aromatic heterocycles. The van der Waals surface area contributed by atoms with Crippen LogP contribution in [0, 0.1) is 10.1 Å². The monoisotopic (exact) mass is 187 g/mol. The lowest BCUT2D eigenvalue weighted by atomic mass is 10.3. The Morgan fingerprint density at radius 2 is 2.00 bits per heavy atom. The summed E-state index contributed by atoms with van der Waals surface area (Å²) in [6.07, 6.45) is 0. The Kier molecular flexibility index (Phi) is 2.41. The molecule has 0 aliphatic rings. The highest BCUT2D eigenvalue weighted by Gasteiger charge is 2.09. The lowest BCUT2D eigenvalue weighted by molar-refractivity contribution is -0.387. The molecule has 0 fully saturated rings. The van der Waals surface area contributed by atoms with Crippen molar-refractivity contribution in [3.05, 3.63) is 28.3 Å². The first-order chi connectivity index (χ1) is 5.11. The molecule has 0 aliphatic carbocycles. The molecule has 0 amide bonds. The van der Waals surface area contributed by atoms with E-state index >= 15 is 0 Å². The lowest BCUT2D eigenvalue weighted by Crippen LogP contribution is -1.88. The predicted octanol–water partition coefficient (Wildman–Crippen LogP) is 2.17. The Balaban J connectivity index is 3.20. The summed E-state index contributed by atoms with van der Waals surface area (Å²) in [5.41, 5.74) is 0.00568. The second kappa shape index (κ2) is 3.15. The van der Waals surface area contributed by atoms with E-state index < -0.39 is 4.92 Å². The van der Waals surface area contributed by atoms with Crippen LogP contribution >= 0.6 is 25.3 Å². The van der Waals surface area contributed by atoms with Gasteiger partial charge >= 0.3 is 0 Å². The van der Waals surface area contributed by atoms with Crippen molar-refractivity contribution in [1.29, 1.82) is 0 Å². The summed E-state index contributed by atoms with van der Waals surface area (Å²) in [5.74, 6) is 0. The van der Waals surface area contributed by atoms with Crippen molar-refractivity contribution in [2.24, 2.45) is 0 Å². The van der Waals surface area contributed by atoms with Crippen LogP contribution in [0.15, 0.2) is 28.0 Å². The Labute approximate surface area is 74.4 Å². The summed E-state index contributed by atoms with van der Waals surface area (Å²) in [4.78, 5) is 10.8. The minimum Gasteiger partial charge on any atom is -0.258 e. The van der Waals surface area contributed by atoms with E-state index in [2.05, 4.69) is 25.3 Å². The molecule has 11 heavy (non-hydrogen) atoms. The van der Waals surface area contributed by atoms with Gasteiger partial charge in [0.1, 0.15) is 0 Å². The molecule has 0 bridgehead atoms. The third-order valence-electron chi connectivity index (χ3n) is 1.16. The van der Waals surface area contributed by atoms with E-state index in [1.54, 1.807) is 6.07 Å². The maximum Gasteiger partial charge on any atom is 0.282 e. The zero-order chi connectivity index (χ0) is 8.43. The van der Waals surface area contributed by atoms with Crippen LogP contribution in [0.3, 0.4) is 0 Å². The zero-order valence-electron chi connectivity index (χ0n) is 5.39. The van der Waals surface area contributed by atoms with Crippen LogP contribution in [-0.4, -0.2) is 4.92 Å². The maximum atomic E-state index is 10.3. The minimum atomic E-state index is -0.477. The molecule has 58 valence electrons. The molecular weight excluding hydrogens is 182 g/mol. The molecule has 0 aliphatic heterocycles. The van der Waals surface area contributed by atoms with E-state index in [4.69, 9.17) is 0 Å². The fourth-order valence-electron chi connectivity index (χ4n) is 0.666. The van der Waals surface area contributed by atoms with Crippen molar-refractivity contribution in [2.75, 3.05) is 0 Å². The van der Waals surface area contributed by atoms with Crippen LogP contribution in [-0.2, 0) is 0 Å². The quantitative estimate of drug-likeness (QED) is 0.402. The molecule has 0 saturated carbocycles. The van der Waals surface area contributed by atoms with Gasteiger partial charge in [-0.15, -0.1) is 25.3 Å². The second-order valence-electron chi connectivity index (χ2n) is 1.93. The molecular formula is C6H5NO2S2. The van der Waals surface area contributed by atoms with Gasteiger partial charge in [0, 0.05) is 11.0 Å². The molecule has 3 nitrogen and oxygen atoms in total. The first-order valence-electron chi connectivity index (χ1n) is 2.77. The molecule has 5 heteroatoms. The third kappa shape index (κ3) is 1.87. The topological polar surface area (TPSA) is 43.1 Å². The van der Waals surface area contributed by atoms with Gasteiger partial charge in [0.2, 0.25) is 0 Å². The van der Waals surface area contributed by atoms with E-state index in [9.17, 15) is 10.1 Å². The summed E-state index contributed by atoms with van der Waals surface area (Å²) >= 11 is 7.91. The smallest absolute Gasteiger partial charge is 0.258 e. The Morgan fingerprint density at radius 3 is 2.45 bits per heavy atom. The summed E-state index contributed by atoms with van der Waals surface area (Å²) in [5, 5.41) is 10.3. The summed E-state index contributed by atoms with van der Waals surface area (Å²) < 4.78 is 0. The summed E-state index contributed by atoms with van der Waals surface area (Å²) in [7, 11) is 0. The van der Waals surface area contributed by atoms with Crippen LogP contribution < -0.4 is 0 Å². The van der Waals surface area contributed by atoms with E-state index in [0.29, 0.717) is 9.79 Å². The fraction of sp³-hybridized carbons (Fsp3) is 0. The van der Waals surface area contributed by atoms with E-state index in [0.717, 1.165) is 0 Å². The molecule has 0 atom stereocenters. The van der Waals surface area contributed by atoms with Gasteiger partial charge in [0.15, 0.2) is 0 Å². The first-order valence-corrected chi connectivity index (χ1v) is 3.67. The largest absolute Gasteiger partial charge is 0.282 e. The highest BCUT2D eigenvalue weighted by Crippen LogP contribution is 2.24. The standard InChI is InChI=1S/C6H5NO2S2/c8-7(9)5-2-1-4(10)3-6(5)11/h1-3,10-11H. The van der Waals surface area contributed by atoms with Crippen molar-refractivity contribution in [3.8, 4) is 0 Å². The Bertz CT molecular complexity index is 301. The second-order valence-corrected chi connectivity index (χ2v) is 2.93. The van der Waals surface area contributed by atoms with Crippen LogP contribution in [0.5, 0.6) is 0 Å². The van der Waals surface area contributed by atoms with Crippen molar-refractivity contribution in [1.82, 2.24) is 0 Å². The average molecular weight is 187 g/mol. The van der Waals surface area contributed by atoms with Crippen molar-refractivity contribution >= 4 is 30.9 Å². The molecule has 0 N–H and O–H groups in total. The van der Waals surface area contributed by atoms with E-state index in [1.165, 1.54) is 12.1 Å². The van der Waals surface area contributed by atoms with Gasteiger partial charge in [-0.3, -0.25) is 10.1 Å². The molecule has 0 saturated heterocycles. The molecule has 0 spiro atoms. The third-order valence-corrected chi connectivity index (χ3v) is 1.79. The van der Waals surface area contributed by atoms with E-state index in [-0.39, 0.29) is 5.69 Å². The number of benzene rings is 1. The maximum absolute atomic E-state index is 10.3. The number of rotatable bonds is 1. The van der Waals surface area contributed by atoms with E-state index in [1.807, 2.05) is 0 Å². The number of nitro benzene ring substituents is 1. The highest BCUT2D eigenvalue weighted by atomic mass is 32.1. The molecule has 0 heterocycles. The van der Waals surface area contributed by atoms with Gasteiger partial charge in [-0.05, 0) is 12.1 Å². The van der Waals surface area contributed by atoms with Gasteiger partial charge in [-0.1, -0.05) is 0 Å². The lowest BCUT2D eigenvalue weighted by Gasteiger charge is -1.95. The number of hydrogen-bond donors (Lipinski definition) is 2. The number of thiol groups is 2. The van der Waals surface area contributed by atoms with Gasteiger partial charge in [-0.25, -0.2) is 0 Å². The normalized spacial score (nSPS) is 9.64. The predicted molar refractivity (Wildman–Crippen MR) is 47.6 cm³/mol. The average Bonchev–Trinajstić information content (AvgIpc) is 1.85. The molecule has 0 unspecified atom stereocenters. The number of hydrogen-bond acceptors (Lipinski definition) is 4.